The molecule has 0 saturated heterocycles. The van der Waals surface area contributed by atoms with Gasteiger partial charge in [-0.15, -0.1) is 0 Å². The largest absolute Gasteiger partial charge is 0.484 e. The summed E-state index contributed by atoms with van der Waals surface area (Å²) >= 11 is 0. The number of carbonyl (C=O) groups is 2. The fourth-order valence-corrected chi connectivity index (χ4v) is 1.58. The minimum atomic E-state index is -0.980. The van der Waals surface area contributed by atoms with E-state index in [0.717, 1.165) is 5.56 Å². The van der Waals surface area contributed by atoms with E-state index in [1.165, 1.54) is 7.05 Å². The standard InChI is InChI=1S/C14H19NO5/c1-3-19-12(14(17)18)8-10-4-6-11(7-5-10)20-9-13(16)15-2/h4-7,12H,3,8-9H2,1-2H3,(H,15,16)(H,17,18). The Morgan fingerprint density at radius 1 is 1.30 bits per heavy atom. The van der Waals surface area contributed by atoms with Crippen molar-refractivity contribution in [1.82, 2.24) is 5.32 Å². The van der Waals surface area contributed by atoms with Crippen molar-refractivity contribution >= 4 is 11.9 Å². The Morgan fingerprint density at radius 2 is 1.95 bits per heavy atom. The van der Waals surface area contributed by atoms with Crippen molar-refractivity contribution < 1.29 is 24.2 Å². The Labute approximate surface area is 117 Å². The third kappa shape index (κ3) is 5.27. The summed E-state index contributed by atoms with van der Waals surface area (Å²) in [5.41, 5.74) is 0.832. The number of amides is 1. The van der Waals surface area contributed by atoms with Crippen molar-refractivity contribution in [2.24, 2.45) is 0 Å². The predicted molar refractivity (Wildman–Crippen MR) is 72.8 cm³/mol. The molecule has 0 aromatic heterocycles. The molecule has 0 bridgehead atoms. The summed E-state index contributed by atoms with van der Waals surface area (Å²) in [5.74, 6) is -0.635. The van der Waals surface area contributed by atoms with Crippen molar-refractivity contribution in [3.8, 4) is 5.75 Å². The maximum atomic E-state index is 11.0. The number of ether oxygens (including phenoxy) is 2. The van der Waals surface area contributed by atoms with Gasteiger partial charge in [-0.1, -0.05) is 12.1 Å². The van der Waals surface area contributed by atoms with Crippen LogP contribution in [0.4, 0.5) is 0 Å². The molecule has 1 aromatic carbocycles. The molecule has 0 aliphatic carbocycles. The molecule has 6 nitrogen and oxygen atoms in total. The highest BCUT2D eigenvalue weighted by Crippen LogP contribution is 2.14. The minimum absolute atomic E-state index is 0.0491. The molecule has 20 heavy (non-hydrogen) atoms. The fourth-order valence-electron chi connectivity index (χ4n) is 1.58. The number of carboxylic acid groups (broad SMARTS) is 1. The maximum Gasteiger partial charge on any atom is 0.333 e. The molecule has 0 aliphatic heterocycles. The second kappa shape index (κ2) is 8.16. The summed E-state index contributed by atoms with van der Waals surface area (Å²) in [7, 11) is 1.54. The lowest BCUT2D eigenvalue weighted by Gasteiger charge is -2.12. The van der Waals surface area contributed by atoms with E-state index in [-0.39, 0.29) is 12.5 Å². The SMILES string of the molecule is CCOC(Cc1ccc(OCC(=O)NC)cc1)C(=O)O. The molecule has 1 atom stereocenters. The van der Waals surface area contributed by atoms with Crippen LogP contribution in [-0.2, 0) is 20.7 Å². The van der Waals surface area contributed by atoms with Crippen molar-refractivity contribution in [2.45, 2.75) is 19.4 Å². The molecule has 0 radical (unpaired) electrons. The Balaban J connectivity index is 2.57. The molecule has 6 heteroatoms. The summed E-state index contributed by atoms with van der Waals surface area (Å²) in [6.07, 6.45) is -0.559. The smallest absolute Gasteiger partial charge is 0.333 e. The van der Waals surface area contributed by atoms with Crippen LogP contribution >= 0.6 is 0 Å². The first-order valence-electron chi connectivity index (χ1n) is 6.33. The molecule has 1 aromatic rings. The molecule has 0 heterocycles. The van der Waals surface area contributed by atoms with Crippen LogP contribution in [0.3, 0.4) is 0 Å². The van der Waals surface area contributed by atoms with Gasteiger partial charge in [-0.3, -0.25) is 4.79 Å². The topological polar surface area (TPSA) is 84.9 Å². The van der Waals surface area contributed by atoms with Crippen LogP contribution in [0, 0.1) is 0 Å². The average Bonchev–Trinajstić information content (AvgIpc) is 2.45. The summed E-state index contributed by atoms with van der Waals surface area (Å²) in [6.45, 7) is 2.06. The van der Waals surface area contributed by atoms with Crippen molar-refractivity contribution in [3.05, 3.63) is 29.8 Å². The summed E-state index contributed by atoms with van der Waals surface area (Å²) in [6, 6.07) is 6.91. The summed E-state index contributed by atoms with van der Waals surface area (Å²) in [4.78, 5) is 22.0. The molecular weight excluding hydrogens is 262 g/mol. The lowest BCUT2D eigenvalue weighted by molar-refractivity contribution is -0.149. The number of aliphatic carboxylic acids is 1. The molecule has 110 valence electrons. The zero-order valence-corrected chi connectivity index (χ0v) is 11.6. The van der Waals surface area contributed by atoms with Crippen LogP contribution in [0.25, 0.3) is 0 Å². The van der Waals surface area contributed by atoms with Crippen molar-refractivity contribution in [1.29, 1.82) is 0 Å². The van der Waals surface area contributed by atoms with Gasteiger partial charge in [0.2, 0.25) is 0 Å². The Kier molecular flexibility index (Phi) is 6.52. The van der Waals surface area contributed by atoms with Crippen molar-refractivity contribution in [2.75, 3.05) is 20.3 Å². The number of hydrogen-bond acceptors (Lipinski definition) is 4. The van der Waals surface area contributed by atoms with Gasteiger partial charge in [-0.05, 0) is 24.6 Å². The molecule has 0 saturated carbocycles. The first-order valence-corrected chi connectivity index (χ1v) is 6.33. The van der Waals surface area contributed by atoms with Gasteiger partial charge in [0, 0.05) is 20.1 Å². The van der Waals surface area contributed by atoms with Gasteiger partial charge in [0.25, 0.3) is 5.91 Å². The molecule has 1 amide bonds. The summed E-state index contributed by atoms with van der Waals surface area (Å²) in [5, 5.41) is 11.5. The molecular formula is C14H19NO5. The van der Waals surface area contributed by atoms with Crippen LogP contribution < -0.4 is 10.1 Å². The highest BCUT2D eigenvalue weighted by atomic mass is 16.5. The van der Waals surface area contributed by atoms with E-state index in [1.54, 1.807) is 31.2 Å². The number of hydrogen-bond donors (Lipinski definition) is 2. The van der Waals surface area contributed by atoms with Gasteiger partial charge >= 0.3 is 5.97 Å². The van der Waals surface area contributed by atoms with Crippen molar-refractivity contribution in [3.63, 3.8) is 0 Å². The van der Waals surface area contributed by atoms with E-state index < -0.39 is 12.1 Å². The molecule has 0 spiro atoms. The van der Waals surface area contributed by atoms with Gasteiger partial charge in [-0.25, -0.2) is 4.79 Å². The van der Waals surface area contributed by atoms with E-state index >= 15 is 0 Å². The van der Waals surface area contributed by atoms with Crippen LogP contribution in [0.1, 0.15) is 12.5 Å². The number of carbonyl (C=O) groups excluding carboxylic acids is 1. The van der Waals surface area contributed by atoms with Crippen LogP contribution in [0.2, 0.25) is 0 Å². The quantitative estimate of drug-likeness (QED) is 0.737. The normalized spacial score (nSPS) is 11.7. The lowest BCUT2D eigenvalue weighted by atomic mass is 10.1. The van der Waals surface area contributed by atoms with E-state index in [0.29, 0.717) is 18.8 Å². The van der Waals surface area contributed by atoms with E-state index in [4.69, 9.17) is 14.6 Å². The lowest BCUT2D eigenvalue weighted by Crippen LogP contribution is -2.26. The van der Waals surface area contributed by atoms with E-state index in [2.05, 4.69) is 5.32 Å². The summed E-state index contributed by atoms with van der Waals surface area (Å²) < 4.78 is 10.4. The average molecular weight is 281 g/mol. The zero-order valence-electron chi connectivity index (χ0n) is 11.6. The maximum absolute atomic E-state index is 11.0. The van der Waals surface area contributed by atoms with Crippen LogP contribution in [-0.4, -0.2) is 43.3 Å². The molecule has 2 N–H and O–H groups in total. The van der Waals surface area contributed by atoms with E-state index in [9.17, 15) is 9.59 Å². The predicted octanol–water partition coefficient (Wildman–Crippen LogP) is 0.844. The first kappa shape index (κ1) is 16.0. The van der Waals surface area contributed by atoms with Crippen LogP contribution in [0.15, 0.2) is 24.3 Å². The van der Waals surface area contributed by atoms with Gasteiger partial charge in [0.05, 0.1) is 0 Å². The van der Waals surface area contributed by atoms with Gasteiger partial charge in [-0.2, -0.15) is 0 Å². The minimum Gasteiger partial charge on any atom is -0.484 e. The second-order valence-electron chi connectivity index (χ2n) is 4.09. The number of benzene rings is 1. The molecule has 1 rings (SSSR count). The Hall–Kier alpha value is -2.08. The molecule has 0 aliphatic rings. The highest BCUT2D eigenvalue weighted by molar-refractivity contribution is 5.77. The number of rotatable bonds is 8. The third-order valence-electron chi connectivity index (χ3n) is 2.64. The van der Waals surface area contributed by atoms with Gasteiger partial charge < -0.3 is 19.9 Å². The van der Waals surface area contributed by atoms with Gasteiger partial charge in [0.1, 0.15) is 5.75 Å². The first-order chi connectivity index (χ1) is 9.56. The zero-order chi connectivity index (χ0) is 15.0. The number of likely N-dealkylation sites (N-methyl/N-ethyl adjacent to an activating group) is 1. The molecule has 0 fully saturated rings. The fraction of sp³-hybridized carbons (Fsp3) is 0.429. The Morgan fingerprint density at radius 3 is 2.45 bits per heavy atom. The third-order valence-corrected chi connectivity index (χ3v) is 2.64. The molecule has 1 unspecified atom stereocenters. The van der Waals surface area contributed by atoms with Crippen LogP contribution in [0.5, 0.6) is 5.75 Å². The number of carboxylic acids is 1. The van der Waals surface area contributed by atoms with E-state index in [1.807, 2.05) is 0 Å². The monoisotopic (exact) mass is 281 g/mol. The Bertz CT molecular complexity index is 443. The van der Waals surface area contributed by atoms with Gasteiger partial charge in [0.15, 0.2) is 12.7 Å². The highest BCUT2D eigenvalue weighted by Gasteiger charge is 2.17. The second-order valence-corrected chi connectivity index (χ2v) is 4.09. The number of nitrogens with one attached hydrogen (secondary N) is 1.